The van der Waals surface area contributed by atoms with E-state index in [4.69, 9.17) is 9.26 Å². The molecule has 2 rings (SSSR count). The van der Waals surface area contributed by atoms with Gasteiger partial charge in [-0.25, -0.2) is 0 Å². The first-order valence-electron chi connectivity index (χ1n) is 6.77. The van der Waals surface area contributed by atoms with Crippen LogP contribution in [0.25, 0.3) is 0 Å². The van der Waals surface area contributed by atoms with Gasteiger partial charge < -0.3 is 14.6 Å². The molecule has 5 nitrogen and oxygen atoms in total. The Morgan fingerprint density at radius 1 is 1.56 bits per heavy atom. The van der Waals surface area contributed by atoms with Crippen LogP contribution in [0.5, 0.6) is 0 Å². The number of rotatable bonds is 6. The van der Waals surface area contributed by atoms with Gasteiger partial charge in [-0.2, -0.15) is 4.98 Å². The van der Waals surface area contributed by atoms with Crippen LogP contribution in [-0.2, 0) is 16.6 Å². The third-order valence-electron chi connectivity index (χ3n) is 3.77. The van der Waals surface area contributed by atoms with Gasteiger partial charge in [-0.05, 0) is 26.3 Å². The number of nitrogens with one attached hydrogen (secondary N) is 1. The Morgan fingerprint density at radius 2 is 2.39 bits per heavy atom. The highest BCUT2D eigenvalue weighted by atomic mass is 16.5. The molecule has 0 spiro atoms. The summed E-state index contributed by atoms with van der Waals surface area (Å²) in [4.78, 5) is 4.57. The van der Waals surface area contributed by atoms with Gasteiger partial charge in [-0.3, -0.25) is 0 Å². The molecule has 0 bridgehead atoms. The van der Waals surface area contributed by atoms with Crippen molar-refractivity contribution in [1.82, 2.24) is 15.5 Å². The lowest BCUT2D eigenvalue weighted by molar-refractivity contribution is 0.116. The fourth-order valence-electron chi connectivity index (χ4n) is 2.62. The first-order valence-corrected chi connectivity index (χ1v) is 6.77. The van der Waals surface area contributed by atoms with E-state index in [1.807, 2.05) is 6.92 Å². The van der Waals surface area contributed by atoms with Crippen LogP contribution in [-0.4, -0.2) is 36.4 Å². The van der Waals surface area contributed by atoms with Crippen LogP contribution in [0.4, 0.5) is 0 Å². The quantitative estimate of drug-likeness (QED) is 0.835. The Balaban J connectivity index is 2.12. The Morgan fingerprint density at radius 3 is 3.00 bits per heavy atom. The predicted octanol–water partition coefficient (Wildman–Crippen LogP) is 1.68. The van der Waals surface area contributed by atoms with Crippen LogP contribution >= 0.6 is 0 Å². The van der Waals surface area contributed by atoms with Gasteiger partial charge in [-0.15, -0.1) is 0 Å². The fourth-order valence-corrected chi connectivity index (χ4v) is 2.62. The number of hydrogen-bond acceptors (Lipinski definition) is 5. The molecule has 1 aromatic rings. The maximum atomic E-state index is 5.49. The monoisotopic (exact) mass is 253 g/mol. The molecule has 18 heavy (non-hydrogen) atoms. The van der Waals surface area contributed by atoms with Crippen molar-refractivity contribution in [2.75, 3.05) is 20.2 Å². The average molecular weight is 253 g/mol. The highest BCUT2D eigenvalue weighted by molar-refractivity contribution is 5.10. The first kappa shape index (κ1) is 13.5. The van der Waals surface area contributed by atoms with Crippen molar-refractivity contribution in [3.05, 3.63) is 11.7 Å². The van der Waals surface area contributed by atoms with Gasteiger partial charge in [0.2, 0.25) is 5.89 Å². The van der Waals surface area contributed by atoms with Crippen LogP contribution < -0.4 is 5.32 Å². The summed E-state index contributed by atoms with van der Waals surface area (Å²) in [6.07, 6.45) is 4.15. The molecule has 2 atom stereocenters. The van der Waals surface area contributed by atoms with Crippen molar-refractivity contribution in [2.24, 2.45) is 0 Å². The molecular formula is C13H23N3O2. The molecule has 5 heteroatoms. The van der Waals surface area contributed by atoms with Gasteiger partial charge in [0.15, 0.2) is 5.82 Å². The first-order chi connectivity index (χ1) is 8.70. The smallest absolute Gasteiger partial charge is 0.234 e. The van der Waals surface area contributed by atoms with Crippen LogP contribution in [0.2, 0.25) is 0 Å². The number of methoxy groups -OCH3 is 1. The van der Waals surface area contributed by atoms with E-state index >= 15 is 0 Å². The number of aromatic nitrogens is 2. The zero-order valence-corrected chi connectivity index (χ0v) is 11.5. The maximum Gasteiger partial charge on any atom is 0.234 e. The molecule has 0 amide bonds. The second-order valence-corrected chi connectivity index (χ2v) is 5.22. The topological polar surface area (TPSA) is 60.2 Å². The summed E-state index contributed by atoms with van der Waals surface area (Å²) in [5.74, 6) is 1.55. The zero-order valence-electron chi connectivity index (χ0n) is 11.5. The summed E-state index contributed by atoms with van der Waals surface area (Å²) in [6.45, 7) is 6.19. The van der Waals surface area contributed by atoms with Crippen LogP contribution in [0.15, 0.2) is 4.52 Å². The van der Waals surface area contributed by atoms with Crippen molar-refractivity contribution in [3.63, 3.8) is 0 Å². The van der Waals surface area contributed by atoms with E-state index in [9.17, 15) is 0 Å². The third-order valence-corrected chi connectivity index (χ3v) is 3.77. The van der Waals surface area contributed by atoms with Gasteiger partial charge in [-0.1, -0.05) is 18.5 Å². The highest BCUT2D eigenvalue weighted by Crippen LogP contribution is 2.34. The fraction of sp³-hybridized carbons (Fsp3) is 0.846. The number of ether oxygens (including phenoxy) is 1. The van der Waals surface area contributed by atoms with Crippen LogP contribution in [0.3, 0.4) is 0 Å². The van der Waals surface area contributed by atoms with Gasteiger partial charge >= 0.3 is 0 Å². The Hall–Kier alpha value is -0.940. The third kappa shape index (κ3) is 2.72. The lowest BCUT2D eigenvalue weighted by atomic mass is 9.82. The average Bonchev–Trinajstić information content (AvgIpc) is 2.99. The van der Waals surface area contributed by atoms with E-state index in [0.29, 0.717) is 6.42 Å². The maximum absolute atomic E-state index is 5.49. The SMILES string of the molecule is CCCC1(c2nc(CC(C)OC)no2)CCNC1. The molecule has 1 N–H and O–H groups in total. The van der Waals surface area contributed by atoms with Crippen molar-refractivity contribution in [2.45, 2.75) is 51.0 Å². The van der Waals surface area contributed by atoms with Crippen LogP contribution in [0.1, 0.15) is 44.8 Å². The summed E-state index contributed by atoms with van der Waals surface area (Å²) in [5, 5.41) is 7.49. The summed E-state index contributed by atoms with van der Waals surface area (Å²) in [7, 11) is 1.70. The van der Waals surface area contributed by atoms with E-state index < -0.39 is 0 Å². The highest BCUT2D eigenvalue weighted by Gasteiger charge is 2.40. The van der Waals surface area contributed by atoms with Crippen molar-refractivity contribution in [1.29, 1.82) is 0 Å². The van der Waals surface area contributed by atoms with Gasteiger partial charge in [0.25, 0.3) is 0 Å². The molecule has 0 aromatic carbocycles. The molecule has 1 saturated heterocycles. The zero-order chi connectivity index (χ0) is 13.0. The van der Waals surface area contributed by atoms with Crippen molar-refractivity contribution < 1.29 is 9.26 Å². The standard InChI is InChI=1S/C13H23N3O2/c1-4-5-13(6-7-14-9-13)12-15-11(16-18-12)8-10(2)17-3/h10,14H,4-9H2,1-3H3. The molecule has 0 aliphatic carbocycles. The lowest BCUT2D eigenvalue weighted by Gasteiger charge is -2.22. The van der Waals surface area contributed by atoms with E-state index in [2.05, 4.69) is 22.4 Å². The molecule has 1 aliphatic rings. The van der Waals surface area contributed by atoms with Crippen molar-refractivity contribution >= 4 is 0 Å². The molecular weight excluding hydrogens is 230 g/mol. The molecule has 1 fully saturated rings. The largest absolute Gasteiger partial charge is 0.381 e. The van der Waals surface area contributed by atoms with Gasteiger partial charge in [0.1, 0.15) is 0 Å². The molecule has 0 radical (unpaired) electrons. The normalized spacial score (nSPS) is 25.5. The van der Waals surface area contributed by atoms with E-state index in [0.717, 1.165) is 44.1 Å². The Kier molecular flexibility index (Phi) is 4.35. The molecule has 2 unspecified atom stereocenters. The lowest BCUT2D eigenvalue weighted by Crippen LogP contribution is -2.29. The number of hydrogen-bond donors (Lipinski definition) is 1. The minimum atomic E-state index is 0.0519. The summed E-state index contributed by atoms with van der Waals surface area (Å²) in [5.41, 5.74) is 0.0519. The Bertz CT molecular complexity index is 372. The second-order valence-electron chi connectivity index (χ2n) is 5.22. The van der Waals surface area contributed by atoms with Crippen LogP contribution in [0, 0.1) is 0 Å². The number of nitrogens with zero attached hydrogens (tertiary/aromatic N) is 2. The van der Waals surface area contributed by atoms with Gasteiger partial charge in [0, 0.05) is 20.1 Å². The molecule has 2 heterocycles. The molecule has 102 valence electrons. The molecule has 0 saturated carbocycles. The minimum absolute atomic E-state index is 0.0519. The minimum Gasteiger partial charge on any atom is -0.381 e. The predicted molar refractivity (Wildman–Crippen MR) is 68.5 cm³/mol. The molecule has 1 aromatic heterocycles. The molecule has 1 aliphatic heterocycles. The van der Waals surface area contributed by atoms with E-state index in [-0.39, 0.29) is 11.5 Å². The van der Waals surface area contributed by atoms with E-state index in [1.165, 1.54) is 0 Å². The van der Waals surface area contributed by atoms with Gasteiger partial charge in [0.05, 0.1) is 11.5 Å². The van der Waals surface area contributed by atoms with E-state index in [1.54, 1.807) is 7.11 Å². The summed E-state index contributed by atoms with van der Waals surface area (Å²) >= 11 is 0. The Labute approximate surface area is 108 Å². The summed E-state index contributed by atoms with van der Waals surface area (Å²) < 4.78 is 10.7. The summed E-state index contributed by atoms with van der Waals surface area (Å²) in [6, 6.07) is 0. The second kappa shape index (κ2) is 5.80. The van der Waals surface area contributed by atoms with Crippen molar-refractivity contribution in [3.8, 4) is 0 Å².